The van der Waals surface area contributed by atoms with Gasteiger partial charge in [-0.05, 0) is 30.7 Å². The molecule has 24 heavy (non-hydrogen) atoms. The number of hydrogen-bond acceptors (Lipinski definition) is 5. The van der Waals surface area contributed by atoms with Gasteiger partial charge in [0.25, 0.3) is 0 Å². The Bertz CT molecular complexity index is 749. The van der Waals surface area contributed by atoms with Gasteiger partial charge < -0.3 is 14.8 Å². The predicted molar refractivity (Wildman–Crippen MR) is 96.9 cm³/mol. The SMILES string of the molecule is Cc1cc(Br)ccc1NC(=O)CN(C)C(=O)CSc1nncn1C. The summed E-state index contributed by atoms with van der Waals surface area (Å²) in [5, 5.41) is 11.1. The fourth-order valence-electron chi connectivity index (χ4n) is 1.90. The first-order valence-electron chi connectivity index (χ1n) is 7.13. The molecule has 0 aliphatic carbocycles. The topological polar surface area (TPSA) is 80.1 Å². The fraction of sp³-hybridized carbons (Fsp3) is 0.333. The zero-order chi connectivity index (χ0) is 17.7. The molecule has 0 aliphatic heterocycles. The van der Waals surface area contributed by atoms with Gasteiger partial charge in [0.05, 0.1) is 12.3 Å². The van der Waals surface area contributed by atoms with Gasteiger partial charge in [-0.2, -0.15) is 0 Å². The zero-order valence-electron chi connectivity index (χ0n) is 13.6. The minimum Gasteiger partial charge on any atom is -0.336 e. The van der Waals surface area contributed by atoms with Crippen LogP contribution in [-0.2, 0) is 16.6 Å². The predicted octanol–water partition coefficient (Wildman–Crippen LogP) is 2.08. The number of aryl methyl sites for hydroxylation is 2. The minimum absolute atomic E-state index is 0.00624. The van der Waals surface area contributed by atoms with Crippen molar-refractivity contribution in [2.75, 3.05) is 24.7 Å². The third kappa shape index (κ3) is 5.07. The van der Waals surface area contributed by atoms with Crippen LogP contribution in [0.3, 0.4) is 0 Å². The van der Waals surface area contributed by atoms with Crippen molar-refractivity contribution in [1.82, 2.24) is 19.7 Å². The van der Waals surface area contributed by atoms with Gasteiger partial charge in [-0.3, -0.25) is 9.59 Å². The lowest BCUT2D eigenvalue weighted by atomic mass is 10.2. The molecule has 0 spiro atoms. The molecular formula is C15H18BrN5O2S. The molecule has 1 aromatic heterocycles. The van der Waals surface area contributed by atoms with Gasteiger partial charge >= 0.3 is 0 Å². The molecular weight excluding hydrogens is 394 g/mol. The number of likely N-dealkylation sites (N-methyl/N-ethyl adjacent to an activating group) is 1. The van der Waals surface area contributed by atoms with Gasteiger partial charge in [0, 0.05) is 24.3 Å². The summed E-state index contributed by atoms with van der Waals surface area (Å²) >= 11 is 4.67. The lowest BCUT2D eigenvalue weighted by Gasteiger charge is -2.17. The van der Waals surface area contributed by atoms with Crippen LogP contribution in [0.2, 0.25) is 0 Å². The van der Waals surface area contributed by atoms with E-state index < -0.39 is 0 Å². The molecule has 1 heterocycles. The van der Waals surface area contributed by atoms with Crippen molar-refractivity contribution in [2.24, 2.45) is 7.05 Å². The molecule has 0 saturated carbocycles. The second-order valence-electron chi connectivity index (χ2n) is 5.27. The van der Waals surface area contributed by atoms with E-state index in [-0.39, 0.29) is 24.1 Å². The largest absolute Gasteiger partial charge is 0.336 e. The van der Waals surface area contributed by atoms with Gasteiger partial charge in [-0.15, -0.1) is 10.2 Å². The molecule has 2 amide bonds. The number of hydrogen-bond donors (Lipinski definition) is 1. The minimum atomic E-state index is -0.236. The van der Waals surface area contributed by atoms with Crippen LogP contribution in [0.25, 0.3) is 0 Å². The number of amides is 2. The third-order valence-electron chi connectivity index (χ3n) is 3.26. The van der Waals surface area contributed by atoms with E-state index in [2.05, 4.69) is 31.4 Å². The smallest absolute Gasteiger partial charge is 0.243 e. The molecule has 7 nitrogen and oxygen atoms in total. The summed E-state index contributed by atoms with van der Waals surface area (Å²) in [7, 11) is 3.41. The Morgan fingerprint density at radius 1 is 1.42 bits per heavy atom. The first-order chi connectivity index (χ1) is 11.4. The van der Waals surface area contributed by atoms with Crippen LogP contribution in [0.4, 0.5) is 5.69 Å². The van der Waals surface area contributed by atoms with Crippen LogP contribution < -0.4 is 5.32 Å². The number of carbonyl (C=O) groups is 2. The number of nitrogens with zero attached hydrogens (tertiary/aromatic N) is 4. The van der Waals surface area contributed by atoms with Gasteiger partial charge in [-0.25, -0.2) is 0 Å². The van der Waals surface area contributed by atoms with Crippen molar-refractivity contribution in [3.8, 4) is 0 Å². The maximum absolute atomic E-state index is 12.1. The summed E-state index contributed by atoms with van der Waals surface area (Å²) in [6.07, 6.45) is 1.57. The molecule has 0 aliphatic rings. The van der Waals surface area contributed by atoms with Crippen molar-refractivity contribution < 1.29 is 9.59 Å². The van der Waals surface area contributed by atoms with E-state index >= 15 is 0 Å². The number of rotatable bonds is 6. The highest BCUT2D eigenvalue weighted by molar-refractivity contribution is 9.10. The number of thioether (sulfide) groups is 1. The van der Waals surface area contributed by atoms with Crippen LogP contribution in [0.15, 0.2) is 34.2 Å². The number of halogens is 1. The van der Waals surface area contributed by atoms with Crippen LogP contribution in [0.5, 0.6) is 0 Å². The Balaban J connectivity index is 1.84. The first-order valence-corrected chi connectivity index (χ1v) is 8.91. The Kier molecular flexibility index (Phi) is 6.38. The van der Waals surface area contributed by atoms with Crippen molar-refractivity contribution in [3.05, 3.63) is 34.6 Å². The lowest BCUT2D eigenvalue weighted by molar-refractivity contribution is -0.131. The van der Waals surface area contributed by atoms with Crippen molar-refractivity contribution in [3.63, 3.8) is 0 Å². The van der Waals surface area contributed by atoms with Crippen molar-refractivity contribution in [1.29, 1.82) is 0 Å². The number of anilines is 1. The van der Waals surface area contributed by atoms with E-state index in [0.717, 1.165) is 15.7 Å². The molecule has 0 bridgehead atoms. The van der Waals surface area contributed by atoms with E-state index in [1.54, 1.807) is 17.9 Å². The average molecular weight is 412 g/mol. The molecule has 1 aromatic carbocycles. The van der Waals surface area contributed by atoms with E-state index in [9.17, 15) is 9.59 Å². The van der Waals surface area contributed by atoms with Crippen LogP contribution in [0.1, 0.15) is 5.56 Å². The number of benzene rings is 1. The molecule has 0 fully saturated rings. The molecule has 0 unspecified atom stereocenters. The Hall–Kier alpha value is -1.87. The second kappa shape index (κ2) is 8.29. The lowest BCUT2D eigenvalue weighted by Crippen LogP contribution is -2.36. The normalized spacial score (nSPS) is 10.5. The molecule has 2 aromatic rings. The Morgan fingerprint density at radius 3 is 2.79 bits per heavy atom. The Labute approximate surface area is 152 Å². The quantitative estimate of drug-likeness (QED) is 0.735. The van der Waals surface area contributed by atoms with E-state index in [1.807, 2.05) is 32.2 Å². The molecule has 2 rings (SSSR count). The summed E-state index contributed by atoms with van der Waals surface area (Å²) in [5.74, 6) is -0.182. The van der Waals surface area contributed by atoms with Gasteiger partial charge in [0.2, 0.25) is 11.8 Å². The number of aromatic nitrogens is 3. The van der Waals surface area contributed by atoms with E-state index in [0.29, 0.717) is 5.16 Å². The number of nitrogens with one attached hydrogen (secondary N) is 1. The summed E-state index contributed by atoms with van der Waals surface area (Å²) < 4.78 is 2.69. The van der Waals surface area contributed by atoms with Crippen LogP contribution in [-0.4, -0.2) is 50.8 Å². The standard InChI is InChI=1S/C15H18BrN5O2S/c1-10-6-11(16)4-5-12(10)18-13(22)7-20(2)14(23)8-24-15-19-17-9-21(15)3/h4-6,9H,7-8H2,1-3H3,(H,18,22). The second-order valence-corrected chi connectivity index (χ2v) is 7.13. The maximum Gasteiger partial charge on any atom is 0.243 e. The molecule has 0 atom stereocenters. The zero-order valence-corrected chi connectivity index (χ0v) is 16.0. The fourth-order valence-corrected chi connectivity index (χ4v) is 3.20. The van der Waals surface area contributed by atoms with Crippen LogP contribution >= 0.6 is 27.7 Å². The van der Waals surface area contributed by atoms with Crippen molar-refractivity contribution >= 4 is 45.2 Å². The van der Waals surface area contributed by atoms with Gasteiger partial charge in [0.1, 0.15) is 6.33 Å². The molecule has 9 heteroatoms. The van der Waals surface area contributed by atoms with E-state index in [1.165, 1.54) is 16.7 Å². The summed E-state index contributed by atoms with van der Waals surface area (Å²) in [6, 6.07) is 5.60. The Morgan fingerprint density at radius 2 is 2.17 bits per heavy atom. The monoisotopic (exact) mass is 411 g/mol. The van der Waals surface area contributed by atoms with Crippen molar-refractivity contribution in [2.45, 2.75) is 12.1 Å². The molecule has 0 saturated heterocycles. The van der Waals surface area contributed by atoms with Gasteiger partial charge in [-0.1, -0.05) is 27.7 Å². The highest BCUT2D eigenvalue weighted by Gasteiger charge is 2.15. The summed E-state index contributed by atoms with van der Waals surface area (Å²) in [6.45, 7) is 1.90. The van der Waals surface area contributed by atoms with E-state index in [4.69, 9.17) is 0 Å². The molecule has 128 valence electrons. The molecule has 0 radical (unpaired) electrons. The van der Waals surface area contributed by atoms with Gasteiger partial charge in [0.15, 0.2) is 5.16 Å². The molecule has 1 N–H and O–H groups in total. The number of carbonyl (C=O) groups excluding carboxylic acids is 2. The maximum atomic E-state index is 12.1. The van der Waals surface area contributed by atoms with Crippen LogP contribution in [0, 0.1) is 6.92 Å². The third-order valence-corrected chi connectivity index (χ3v) is 4.78. The summed E-state index contributed by atoms with van der Waals surface area (Å²) in [4.78, 5) is 25.6. The highest BCUT2D eigenvalue weighted by atomic mass is 79.9. The average Bonchev–Trinajstić information content (AvgIpc) is 2.92. The first kappa shape index (κ1) is 18.5. The summed E-state index contributed by atoms with van der Waals surface area (Å²) in [5.41, 5.74) is 1.68. The highest BCUT2D eigenvalue weighted by Crippen LogP contribution is 2.20.